The molecule has 1 fully saturated rings. The van der Waals surface area contributed by atoms with Crippen LogP contribution in [0.25, 0.3) is 0 Å². The van der Waals surface area contributed by atoms with Crippen LogP contribution in [-0.2, 0) is 13.6 Å². The van der Waals surface area contributed by atoms with E-state index in [1.807, 2.05) is 0 Å². The highest BCUT2D eigenvalue weighted by molar-refractivity contribution is 4.86. The van der Waals surface area contributed by atoms with Crippen LogP contribution in [0.4, 0.5) is 0 Å². The molecule has 0 saturated heterocycles. The SMILES string of the molecule is Cn1nnc(CNCC2(C)CCC2)n1. The molecule has 2 rings (SSSR count). The van der Waals surface area contributed by atoms with Crippen molar-refractivity contribution in [1.29, 1.82) is 0 Å². The summed E-state index contributed by atoms with van der Waals surface area (Å²) in [6.07, 6.45) is 4.06. The van der Waals surface area contributed by atoms with Crippen LogP contribution < -0.4 is 5.32 Å². The average Bonchev–Trinajstić information content (AvgIpc) is 2.49. The van der Waals surface area contributed by atoms with E-state index < -0.39 is 0 Å². The molecule has 0 spiro atoms. The molecule has 1 aromatic rings. The first-order valence-electron chi connectivity index (χ1n) is 5.12. The normalized spacial score (nSPS) is 19.3. The fraction of sp³-hybridized carbons (Fsp3) is 0.889. The summed E-state index contributed by atoms with van der Waals surface area (Å²) in [6.45, 7) is 4.11. The molecule has 0 bridgehead atoms. The third-order valence-electron chi connectivity index (χ3n) is 2.95. The van der Waals surface area contributed by atoms with E-state index in [-0.39, 0.29) is 0 Å². The van der Waals surface area contributed by atoms with Gasteiger partial charge in [-0.3, -0.25) is 0 Å². The first-order chi connectivity index (χ1) is 6.68. The number of rotatable bonds is 4. The molecule has 1 saturated carbocycles. The monoisotopic (exact) mass is 195 g/mol. The first kappa shape index (κ1) is 9.58. The predicted octanol–water partition coefficient (Wildman–Crippen LogP) is 0.490. The molecule has 1 aromatic heterocycles. The highest BCUT2D eigenvalue weighted by Gasteiger charge is 2.30. The predicted molar refractivity (Wildman–Crippen MR) is 52.5 cm³/mol. The molecule has 1 aliphatic carbocycles. The van der Waals surface area contributed by atoms with Crippen LogP contribution in [-0.4, -0.2) is 26.8 Å². The molecule has 0 aliphatic heterocycles. The van der Waals surface area contributed by atoms with Crippen molar-refractivity contribution in [2.75, 3.05) is 6.54 Å². The standard InChI is InChI=1S/C9H17N5/c1-9(4-3-5-9)7-10-6-8-11-13-14(2)12-8/h10H,3-7H2,1-2H3. The molecule has 0 atom stereocenters. The summed E-state index contributed by atoms with van der Waals surface area (Å²) in [5.41, 5.74) is 0.516. The van der Waals surface area contributed by atoms with E-state index in [1.165, 1.54) is 24.1 Å². The Bertz CT molecular complexity index is 302. The van der Waals surface area contributed by atoms with Crippen LogP contribution >= 0.6 is 0 Å². The molecule has 0 aromatic carbocycles. The van der Waals surface area contributed by atoms with Gasteiger partial charge in [0.15, 0.2) is 5.82 Å². The number of aryl methyl sites for hydroxylation is 1. The van der Waals surface area contributed by atoms with Crippen LogP contribution in [0.5, 0.6) is 0 Å². The van der Waals surface area contributed by atoms with Crippen LogP contribution in [0.15, 0.2) is 0 Å². The molecule has 0 unspecified atom stereocenters. The van der Waals surface area contributed by atoms with Crippen molar-refractivity contribution >= 4 is 0 Å². The summed E-state index contributed by atoms with van der Waals surface area (Å²) in [6, 6.07) is 0. The summed E-state index contributed by atoms with van der Waals surface area (Å²) in [5.74, 6) is 0.774. The van der Waals surface area contributed by atoms with E-state index in [4.69, 9.17) is 0 Å². The van der Waals surface area contributed by atoms with Crippen molar-refractivity contribution in [2.45, 2.75) is 32.7 Å². The number of nitrogens with zero attached hydrogens (tertiary/aromatic N) is 4. The summed E-state index contributed by atoms with van der Waals surface area (Å²) < 4.78 is 0. The molecule has 1 heterocycles. The van der Waals surface area contributed by atoms with Crippen molar-refractivity contribution in [1.82, 2.24) is 25.5 Å². The maximum atomic E-state index is 4.11. The van der Waals surface area contributed by atoms with Crippen LogP contribution in [0.2, 0.25) is 0 Å². The van der Waals surface area contributed by atoms with E-state index in [0.717, 1.165) is 18.9 Å². The number of tetrazole rings is 1. The van der Waals surface area contributed by atoms with Gasteiger partial charge >= 0.3 is 0 Å². The zero-order valence-corrected chi connectivity index (χ0v) is 8.82. The Balaban J connectivity index is 1.72. The maximum Gasteiger partial charge on any atom is 0.188 e. The maximum absolute atomic E-state index is 4.11. The minimum absolute atomic E-state index is 0.516. The van der Waals surface area contributed by atoms with E-state index in [2.05, 4.69) is 27.7 Å². The molecule has 0 radical (unpaired) electrons. The van der Waals surface area contributed by atoms with Gasteiger partial charge in [-0.1, -0.05) is 13.3 Å². The number of hydrogen-bond donors (Lipinski definition) is 1. The number of aromatic nitrogens is 4. The summed E-state index contributed by atoms with van der Waals surface area (Å²) in [7, 11) is 1.78. The highest BCUT2D eigenvalue weighted by Crippen LogP contribution is 2.39. The van der Waals surface area contributed by atoms with E-state index in [9.17, 15) is 0 Å². The summed E-state index contributed by atoms with van der Waals surface area (Å²) in [4.78, 5) is 1.49. The molecule has 14 heavy (non-hydrogen) atoms. The molecule has 78 valence electrons. The van der Waals surface area contributed by atoms with Crippen molar-refractivity contribution in [2.24, 2.45) is 12.5 Å². The van der Waals surface area contributed by atoms with Gasteiger partial charge in [-0.05, 0) is 23.5 Å². The second kappa shape index (κ2) is 3.65. The van der Waals surface area contributed by atoms with Crippen LogP contribution in [0.3, 0.4) is 0 Å². The minimum Gasteiger partial charge on any atom is -0.309 e. The Morgan fingerprint density at radius 2 is 2.29 bits per heavy atom. The number of nitrogens with one attached hydrogen (secondary N) is 1. The Kier molecular flexibility index (Phi) is 2.50. The summed E-state index contributed by atoms with van der Waals surface area (Å²) in [5, 5.41) is 15.2. The largest absolute Gasteiger partial charge is 0.309 e. The quantitative estimate of drug-likeness (QED) is 0.759. The molecule has 5 nitrogen and oxygen atoms in total. The van der Waals surface area contributed by atoms with Gasteiger partial charge < -0.3 is 5.32 Å². The lowest BCUT2D eigenvalue weighted by Crippen LogP contribution is -2.37. The highest BCUT2D eigenvalue weighted by atomic mass is 15.6. The lowest BCUT2D eigenvalue weighted by molar-refractivity contribution is 0.156. The smallest absolute Gasteiger partial charge is 0.188 e. The third kappa shape index (κ3) is 2.09. The molecule has 0 amide bonds. The van der Waals surface area contributed by atoms with Gasteiger partial charge in [0.1, 0.15) is 0 Å². The number of hydrogen-bond acceptors (Lipinski definition) is 4. The second-order valence-electron chi connectivity index (χ2n) is 4.46. The lowest BCUT2D eigenvalue weighted by atomic mass is 9.70. The van der Waals surface area contributed by atoms with E-state index in [1.54, 1.807) is 7.05 Å². The van der Waals surface area contributed by atoms with Gasteiger partial charge in [0.2, 0.25) is 0 Å². The van der Waals surface area contributed by atoms with Crippen molar-refractivity contribution in [3.05, 3.63) is 5.82 Å². The minimum atomic E-state index is 0.516. The van der Waals surface area contributed by atoms with Gasteiger partial charge in [-0.15, -0.1) is 10.2 Å². The fourth-order valence-electron chi connectivity index (χ4n) is 1.83. The van der Waals surface area contributed by atoms with Crippen molar-refractivity contribution in [3.8, 4) is 0 Å². The fourth-order valence-corrected chi connectivity index (χ4v) is 1.83. The summed E-state index contributed by atoms with van der Waals surface area (Å²) >= 11 is 0. The van der Waals surface area contributed by atoms with E-state index >= 15 is 0 Å². The molecular formula is C9H17N5. The molecule has 5 heteroatoms. The van der Waals surface area contributed by atoms with E-state index in [0.29, 0.717) is 5.41 Å². The zero-order valence-electron chi connectivity index (χ0n) is 8.82. The van der Waals surface area contributed by atoms with Crippen molar-refractivity contribution in [3.63, 3.8) is 0 Å². The zero-order chi connectivity index (χ0) is 10.0. The van der Waals surface area contributed by atoms with Crippen LogP contribution in [0, 0.1) is 5.41 Å². The lowest BCUT2D eigenvalue weighted by Gasteiger charge is -2.38. The Morgan fingerprint density at radius 3 is 2.79 bits per heavy atom. The second-order valence-corrected chi connectivity index (χ2v) is 4.46. The van der Waals surface area contributed by atoms with Gasteiger partial charge in [0.05, 0.1) is 13.6 Å². The van der Waals surface area contributed by atoms with Gasteiger partial charge in [-0.25, -0.2) is 0 Å². The van der Waals surface area contributed by atoms with Crippen molar-refractivity contribution < 1.29 is 0 Å². The Hall–Kier alpha value is -0.970. The van der Waals surface area contributed by atoms with Gasteiger partial charge in [-0.2, -0.15) is 4.80 Å². The molecular weight excluding hydrogens is 178 g/mol. The van der Waals surface area contributed by atoms with Gasteiger partial charge in [0.25, 0.3) is 0 Å². The Labute approximate surface area is 83.9 Å². The first-order valence-corrected chi connectivity index (χ1v) is 5.12. The van der Waals surface area contributed by atoms with Crippen LogP contribution in [0.1, 0.15) is 32.0 Å². The third-order valence-corrected chi connectivity index (χ3v) is 2.95. The molecule has 1 N–H and O–H groups in total. The molecule has 1 aliphatic rings. The topological polar surface area (TPSA) is 55.6 Å². The Morgan fingerprint density at radius 1 is 1.50 bits per heavy atom. The average molecular weight is 195 g/mol. The van der Waals surface area contributed by atoms with Gasteiger partial charge in [0, 0.05) is 6.54 Å².